The van der Waals surface area contributed by atoms with Crippen LogP contribution in [0.3, 0.4) is 0 Å². The van der Waals surface area contributed by atoms with Crippen molar-refractivity contribution in [2.24, 2.45) is 4.99 Å². The summed E-state index contributed by atoms with van der Waals surface area (Å²) in [4.78, 5) is 7.06. The van der Waals surface area contributed by atoms with Crippen molar-refractivity contribution in [2.75, 3.05) is 52.7 Å². The average molecular weight is 519 g/mol. The van der Waals surface area contributed by atoms with Crippen LogP contribution in [-0.2, 0) is 4.74 Å². The van der Waals surface area contributed by atoms with Gasteiger partial charge in [0.25, 0.3) is 0 Å². The number of halogens is 1. The second-order valence-corrected chi connectivity index (χ2v) is 8.75. The summed E-state index contributed by atoms with van der Waals surface area (Å²) >= 11 is 1.95. The predicted octanol–water partition coefficient (Wildman–Crippen LogP) is 3.52. The van der Waals surface area contributed by atoms with Crippen LogP contribution in [0.15, 0.2) is 35.3 Å². The molecule has 1 aromatic rings. The van der Waals surface area contributed by atoms with Crippen LogP contribution in [0.5, 0.6) is 0 Å². The minimum absolute atomic E-state index is 0. The lowest BCUT2D eigenvalue weighted by Crippen LogP contribution is -2.49. The first-order valence-electron chi connectivity index (χ1n) is 10.1. The van der Waals surface area contributed by atoms with E-state index < -0.39 is 0 Å². The number of guanidine groups is 1. The number of rotatable bonds is 7. The molecule has 0 bridgehead atoms. The molecule has 2 aliphatic rings. The first-order valence-corrected chi connectivity index (χ1v) is 11.4. The quantitative estimate of drug-likeness (QED) is 0.329. The molecule has 0 radical (unpaired) electrons. The Morgan fingerprint density at radius 1 is 1.18 bits per heavy atom. The van der Waals surface area contributed by atoms with Gasteiger partial charge in [0.15, 0.2) is 5.96 Å². The minimum Gasteiger partial charge on any atom is -0.381 e. The molecule has 0 aromatic heterocycles. The summed E-state index contributed by atoms with van der Waals surface area (Å²) in [5.74, 6) is 0.898. The molecule has 3 rings (SSSR count). The average Bonchev–Trinajstić information content (AvgIpc) is 3.26. The Kier molecular flexibility index (Phi) is 10.4. The van der Waals surface area contributed by atoms with Gasteiger partial charge in [-0.2, -0.15) is 11.8 Å². The molecule has 1 unspecified atom stereocenters. The van der Waals surface area contributed by atoms with Crippen molar-refractivity contribution < 1.29 is 4.74 Å². The number of likely N-dealkylation sites (tertiary alicyclic amines) is 1. The predicted molar refractivity (Wildman–Crippen MR) is 131 cm³/mol. The van der Waals surface area contributed by atoms with Gasteiger partial charge in [-0.25, -0.2) is 0 Å². The van der Waals surface area contributed by atoms with Gasteiger partial charge < -0.3 is 15.4 Å². The molecule has 2 heterocycles. The van der Waals surface area contributed by atoms with Gasteiger partial charge >= 0.3 is 0 Å². The maximum Gasteiger partial charge on any atom is 0.191 e. The molecule has 158 valence electrons. The maximum atomic E-state index is 5.55. The Morgan fingerprint density at radius 2 is 1.86 bits per heavy atom. The van der Waals surface area contributed by atoms with E-state index in [0.717, 1.165) is 45.1 Å². The van der Waals surface area contributed by atoms with E-state index in [0.29, 0.717) is 6.04 Å². The van der Waals surface area contributed by atoms with E-state index in [1.807, 2.05) is 18.8 Å². The number of hydrogen-bond donors (Lipinski definition) is 2. The summed E-state index contributed by atoms with van der Waals surface area (Å²) in [5, 5.41) is 7.15. The Labute approximate surface area is 191 Å². The summed E-state index contributed by atoms with van der Waals surface area (Å²) in [6.07, 6.45) is 7.00. The largest absolute Gasteiger partial charge is 0.381 e. The van der Waals surface area contributed by atoms with Crippen LogP contribution < -0.4 is 10.6 Å². The van der Waals surface area contributed by atoms with Crippen LogP contribution in [0.25, 0.3) is 0 Å². The van der Waals surface area contributed by atoms with Crippen LogP contribution in [0.1, 0.15) is 37.3 Å². The monoisotopic (exact) mass is 518 g/mol. The zero-order chi connectivity index (χ0) is 19.0. The molecular weight excluding hydrogens is 483 g/mol. The summed E-state index contributed by atoms with van der Waals surface area (Å²) in [5.41, 5.74) is 1.38. The SMILES string of the molecule is CN=C(NCC(c1ccccc1)N1CCCC1)NCC1(SC)CCOCC1.I. The molecule has 2 aliphatic heterocycles. The van der Waals surface area contributed by atoms with Crippen molar-refractivity contribution in [1.82, 2.24) is 15.5 Å². The molecule has 1 aromatic carbocycles. The summed E-state index contributed by atoms with van der Waals surface area (Å²) in [7, 11) is 1.86. The van der Waals surface area contributed by atoms with E-state index >= 15 is 0 Å². The maximum absolute atomic E-state index is 5.55. The molecule has 7 heteroatoms. The number of nitrogens with one attached hydrogen (secondary N) is 2. The van der Waals surface area contributed by atoms with Gasteiger partial charge in [0, 0.05) is 38.1 Å². The molecule has 5 nitrogen and oxygen atoms in total. The Bertz CT molecular complexity index is 589. The Hall–Kier alpha value is -0.510. The van der Waals surface area contributed by atoms with E-state index in [1.165, 1.54) is 31.5 Å². The number of aliphatic imine (C=N–C) groups is 1. The molecule has 0 saturated carbocycles. The fraction of sp³-hybridized carbons (Fsp3) is 0.667. The standard InChI is InChI=1S/C21H34N4OS.HI/c1-22-20(24-17-21(27-2)10-14-26-15-11-21)23-16-19(25-12-6-7-13-25)18-8-4-3-5-9-18;/h3-5,8-9,19H,6-7,10-17H2,1-2H3,(H2,22,23,24);1H. The van der Waals surface area contributed by atoms with Crippen molar-refractivity contribution >= 4 is 41.7 Å². The zero-order valence-electron chi connectivity index (χ0n) is 17.2. The highest BCUT2D eigenvalue weighted by molar-refractivity contribution is 14.0. The molecule has 2 saturated heterocycles. The van der Waals surface area contributed by atoms with Crippen LogP contribution >= 0.6 is 35.7 Å². The highest BCUT2D eigenvalue weighted by Gasteiger charge is 2.32. The van der Waals surface area contributed by atoms with Gasteiger partial charge in [-0.1, -0.05) is 30.3 Å². The third kappa shape index (κ3) is 6.50. The third-order valence-corrected chi connectivity index (χ3v) is 7.29. The number of thioether (sulfide) groups is 1. The van der Waals surface area contributed by atoms with Gasteiger partial charge in [0.2, 0.25) is 0 Å². The van der Waals surface area contributed by atoms with Crippen molar-refractivity contribution in [1.29, 1.82) is 0 Å². The van der Waals surface area contributed by atoms with E-state index in [9.17, 15) is 0 Å². The highest BCUT2D eigenvalue weighted by atomic mass is 127. The fourth-order valence-corrected chi connectivity index (χ4v) is 4.83. The topological polar surface area (TPSA) is 48.9 Å². The van der Waals surface area contributed by atoms with Crippen molar-refractivity contribution in [2.45, 2.75) is 36.5 Å². The van der Waals surface area contributed by atoms with Crippen LogP contribution in [0.4, 0.5) is 0 Å². The lowest BCUT2D eigenvalue weighted by Gasteiger charge is -2.36. The Balaban J connectivity index is 0.00000280. The molecule has 28 heavy (non-hydrogen) atoms. The first-order chi connectivity index (χ1) is 13.3. The summed E-state index contributed by atoms with van der Waals surface area (Å²) in [6, 6.07) is 11.2. The zero-order valence-corrected chi connectivity index (χ0v) is 20.3. The number of nitrogens with zero attached hydrogens (tertiary/aromatic N) is 2. The normalized spacial score (nSPS) is 21.0. The molecule has 0 amide bonds. The van der Waals surface area contributed by atoms with Gasteiger partial charge in [-0.15, -0.1) is 24.0 Å². The van der Waals surface area contributed by atoms with E-state index in [4.69, 9.17) is 4.74 Å². The molecule has 0 spiro atoms. The molecule has 0 aliphatic carbocycles. The van der Waals surface area contributed by atoms with Crippen LogP contribution in [0, 0.1) is 0 Å². The Morgan fingerprint density at radius 3 is 2.46 bits per heavy atom. The van der Waals surface area contributed by atoms with Crippen molar-refractivity contribution in [3.8, 4) is 0 Å². The molecular formula is C21H35IN4OS. The molecule has 2 N–H and O–H groups in total. The summed E-state index contributed by atoms with van der Waals surface area (Å²) in [6.45, 7) is 5.89. The number of ether oxygens (including phenoxy) is 1. The first kappa shape index (κ1) is 23.8. The van der Waals surface area contributed by atoms with Gasteiger partial charge in [-0.05, 0) is 50.6 Å². The second kappa shape index (κ2) is 12.2. The van der Waals surface area contributed by atoms with Crippen molar-refractivity contribution in [3.63, 3.8) is 0 Å². The van der Waals surface area contributed by atoms with Gasteiger partial charge in [-0.3, -0.25) is 9.89 Å². The lowest BCUT2D eigenvalue weighted by molar-refractivity contribution is 0.0782. The summed E-state index contributed by atoms with van der Waals surface area (Å²) < 4.78 is 5.81. The lowest BCUT2D eigenvalue weighted by atomic mass is 9.99. The fourth-order valence-electron chi connectivity index (χ4n) is 4.04. The molecule has 1 atom stereocenters. The van der Waals surface area contributed by atoms with Crippen LogP contribution in [0.2, 0.25) is 0 Å². The van der Waals surface area contributed by atoms with E-state index in [1.54, 1.807) is 0 Å². The van der Waals surface area contributed by atoms with Crippen molar-refractivity contribution in [3.05, 3.63) is 35.9 Å². The number of hydrogen-bond acceptors (Lipinski definition) is 4. The third-order valence-electron chi connectivity index (χ3n) is 5.87. The number of benzene rings is 1. The molecule has 2 fully saturated rings. The smallest absolute Gasteiger partial charge is 0.191 e. The highest BCUT2D eigenvalue weighted by Crippen LogP contribution is 2.33. The van der Waals surface area contributed by atoms with E-state index in [-0.39, 0.29) is 28.7 Å². The van der Waals surface area contributed by atoms with Crippen LogP contribution in [-0.4, -0.2) is 68.3 Å². The second-order valence-electron chi connectivity index (χ2n) is 7.48. The van der Waals surface area contributed by atoms with Gasteiger partial charge in [0.1, 0.15) is 0 Å². The minimum atomic E-state index is 0. The van der Waals surface area contributed by atoms with E-state index in [2.05, 4.69) is 57.1 Å². The van der Waals surface area contributed by atoms with Gasteiger partial charge in [0.05, 0.1) is 6.04 Å².